The average Bonchev–Trinajstić information content (AvgIpc) is 1.94. The Morgan fingerprint density at radius 1 is 1.29 bits per heavy atom. The molecular weight excluding hydrogens is 222 g/mol. The van der Waals surface area contributed by atoms with E-state index in [1.165, 1.54) is 0 Å². The minimum Gasteiger partial charge on any atom is -0.311 e. The summed E-state index contributed by atoms with van der Waals surface area (Å²) in [6, 6.07) is 0. The SMILES string of the molecule is O=P(O)(O)O.O=c1[nH]cc(F)c(=O)[nH]1. The van der Waals surface area contributed by atoms with Gasteiger partial charge in [0.1, 0.15) is 0 Å². The third-order valence-electron chi connectivity index (χ3n) is 0.774. The molecule has 1 heterocycles. The molecule has 0 aliphatic carbocycles. The first kappa shape index (κ1) is 12.7. The summed E-state index contributed by atoms with van der Waals surface area (Å²) >= 11 is 0. The second-order valence-electron chi connectivity index (χ2n) is 1.93. The van der Waals surface area contributed by atoms with Crippen molar-refractivity contribution >= 4 is 7.82 Å². The molecule has 0 saturated carbocycles. The lowest BCUT2D eigenvalue weighted by atomic mass is 10.6. The summed E-state index contributed by atoms with van der Waals surface area (Å²) in [6.07, 6.45) is 0.709. The van der Waals surface area contributed by atoms with E-state index < -0.39 is 24.9 Å². The summed E-state index contributed by atoms with van der Waals surface area (Å²) < 4.78 is 20.9. The number of phosphoric acid groups is 1. The number of halogens is 1. The van der Waals surface area contributed by atoms with Gasteiger partial charge in [-0.15, -0.1) is 0 Å². The van der Waals surface area contributed by atoms with Crippen LogP contribution in [0.2, 0.25) is 0 Å². The van der Waals surface area contributed by atoms with Crippen LogP contribution in [-0.2, 0) is 4.57 Å². The fourth-order valence-corrected chi connectivity index (χ4v) is 0.393. The summed E-state index contributed by atoms with van der Waals surface area (Å²) in [5.41, 5.74) is -1.71. The van der Waals surface area contributed by atoms with Gasteiger partial charge in [0.2, 0.25) is 5.82 Å². The number of rotatable bonds is 0. The van der Waals surface area contributed by atoms with Gasteiger partial charge in [0.25, 0.3) is 5.56 Å². The Morgan fingerprint density at radius 2 is 1.71 bits per heavy atom. The lowest BCUT2D eigenvalue weighted by Crippen LogP contribution is -2.23. The standard InChI is InChI=1S/C4H3FN2O2.H3O4P/c5-2-1-6-4(9)7-3(2)8;1-5(2,3)4/h1H,(H2,6,7,8,9);(H3,1,2,3,4). The molecule has 14 heavy (non-hydrogen) atoms. The van der Waals surface area contributed by atoms with Gasteiger partial charge in [-0.25, -0.2) is 9.36 Å². The smallest absolute Gasteiger partial charge is 0.311 e. The minimum absolute atomic E-state index is 0.707. The van der Waals surface area contributed by atoms with Crippen molar-refractivity contribution < 1.29 is 23.6 Å². The van der Waals surface area contributed by atoms with Crippen LogP contribution in [0.4, 0.5) is 4.39 Å². The minimum atomic E-state index is -4.64. The maximum Gasteiger partial charge on any atom is 0.466 e. The Labute approximate surface area is 75.3 Å². The highest BCUT2D eigenvalue weighted by Crippen LogP contribution is 2.25. The molecular formula is C4H6FN2O6P. The van der Waals surface area contributed by atoms with Gasteiger partial charge in [-0.3, -0.25) is 9.78 Å². The Kier molecular flexibility index (Phi) is 4.38. The molecule has 0 aliphatic heterocycles. The van der Waals surface area contributed by atoms with E-state index in [-0.39, 0.29) is 0 Å². The Morgan fingerprint density at radius 3 is 2.00 bits per heavy atom. The number of hydrogen-bond donors (Lipinski definition) is 5. The first-order chi connectivity index (χ1) is 6.20. The molecule has 80 valence electrons. The molecule has 10 heteroatoms. The molecule has 0 aliphatic rings. The van der Waals surface area contributed by atoms with Crippen LogP contribution in [0.15, 0.2) is 15.8 Å². The van der Waals surface area contributed by atoms with E-state index in [1.807, 2.05) is 4.98 Å². The van der Waals surface area contributed by atoms with E-state index in [0.717, 1.165) is 0 Å². The van der Waals surface area contributed by atoms with Crippen molar-refractivity contribution in [3.8, 4) is 0 Å². The summed E-state index contributed by atoms with van der Waals surface area (Å²) in [5.74, 6) is -0.991. The van der Waals surface area contributed by atoms with E-state index >= 15 is 0 Å². The van der Waals surface area contributed by atoms with Crippen LogP contribution in [0.25, 0.3) is 0 Å². The van der Waals surface area contributed by atoms with Crippen molar-refractivity contribution in [2.45, 2.75) is 0 Å². The molecule has 8 nitrogen and oxygen atoms in total. The van der Waals surface area contributed by atoms with Gasteiger partial charge in [0.15, 0.2) is 0 Å². The number of H-pyrrole nitrogens is 2. The number of aromatic amines is 2. The van der Waals surface area contributed by atoms with Gasteiger partial charge < -0.3 is 19.7 Å². The number of aromatic nitrogens is 2. The highest BCUT2D eigenvalue weighted by molar-refractivity contribution is 7.45. The molecule has 0 aromatic carbocycles. The average molecular weight is 228 g/mol. The van der Waals surface area contributed by atoms with Gasteiger partial charge in [0.05, 0.1) is 0 Å². The van der Waals surface area contributed by atoms with Gasteiger partial charge in [-0.1, -0.05) is 0 Å². The molecule has 5 N–H and O–H groups in total. The van der Waals surface area contributed by atoms with E-state index in [0.29, 0.717) is 6.20 Å². The summed E-state index contributed by atoms with van der Waals surface area (Å²) in [5, 5.41) is 0. The molecule has 0 fully saturated rings. The van der Waals surface area contributed by atoms with Crippen LogP contribution in [0, 0.1) is 5.82 Å². The van der Waals surface area contributed by atoms with Crippen molar-refractivity contribution in [3.63, 3.8) is 0 Å². The van der Waals surface area contributed by atoms with Crippen LogP contribution in [0.3, 0.4) is 0 Å². The Balaban J connectivity index is 0.000000292. The monoisotopic (exact) mass is 228 g/mol. The quantitative estimate of drug-likeness (QED) is 0.334. The highest BCUT2D eigenvalue weighted by atomic mass is 31.2. The van der Waals surface area contributed by atoms with Gasteiger partial charge in [0, 0.05) is 6.20 Å². The third-order valence-corrected chi connectivity index (χ3v) is 0.774. The maximum atomic E-state index is 12.0. The van der Waals surface area contributed by atoms with E-state index in [1.54, 1.807) is 4.98 Å². The normalized spacial score (nSPS) is 10.3. The molecule has 1 aromatic heterocycles. The number of nitrogens with one attached hydrogen (secondary N) is 2. The van der Waals surface area contributed by atoms with Crippen molar-refractivity contribution in [3.05, 3.63) is 32.9 Å². The molecule has 0 saturated heterocycles. The lowest BCUT2D eigenvalue weighted by molar-refractivity contribution is 0.275. The predicted octanol–water partition coefficient (Wildman–Crippen LogP) is -1.73. The largest absolute Gasteiger partial charge is 0.466 e. The molecule has 0 atom stereocenters. The zero-order chi connectivity index (χ0) is 11.4. The summed E-state index contributed by atoms with van der Waals surface area (Å²) in [7, 11) is -4.64. The summed E-state index contributed by atoms with van der Waals surface area (Å²) in [4.78, 5) is 45.6. The molecule has 0 unspecified atom stereocenters. The van der Waals surface area contributed by atoms with Crippen molar-refractivity contribution in [2.24, 2.45) is 0 Å². The zero-order valence-electron chi connectivity index (χ0n) is 6.47. The molecule has 0 bridgehead atoms. The second kappa shape index (κ2) is 4.82. The Bertz CT molecular complexity index is 437. The van der Waals surface area contributed by atoms with Crippen LogP contribution in [0.5, 0.6) is 0 Å². The molecule has 1 rings (SSSR count). The highest BCUT2D eigenvalue weighted by Gasteiger charge is 2.00. The van der Waals surface area contributed by atoms with Crippen LogP contribution in [0.1, 0.15) is 0 Å². The van der Waals surface area contributed by atoms with Crippen molar-refractivity contribution in [1.29, 1.82) is 0 Å². The molecule has 0 amide bonds. The molecule has 0 radical (unpaired) electrons. The van der Waals surface area contributed by atoms with E-state index in [9.17, 15) is 14.0 Å². The van der Waals surface area contributed by atoms with Crippen LogP contribution >= 0.6 is 7.82 Å². The van der Waals surface area contributed by atoms with E-state index in [2.05, 4.69) is 0 Å². The lowest BCUT2D eigenvalue weighted by Gasteiger charge is -1.82. The summed E-state index contributed by atoms with van der Waals surface area (Å²) in [6.45, 7) is 0. The molecule has 0 spiro atoms. The van der Waals surface area contributed by atoms with E-state index in [4.69, 9.17) is 19.2 Å². The van der Waals surface area contributed by atoms with Crippen molar-refractivity contribution in [2.75, 3.05) is 0 Å². The first-order valence-electron chi connectivity index (χ1n) is 2.96. The van der Waals surface area contributed by atoms with Crippen molar-refractivity contribution in [1.82, 2.24) is 9.97 Å². The van der Waals surface area contributed by atoms with Gasteiger partial charge >= 0.3 is 13.5 Å². The maximum absolute atomic E-state index is 12.0. The van der Waals surface area contributed by atoms with Gasteiger partial charge in [-0.05, 0) is 0 Å². The van der Waals surface area contributed by atoms with Crippen LogP contribution in [-0.4, -0.2) is 24.6 Å². The van der Waals surface area contributed by atoms with Gasteiger partial charge in [-0.2, -0.15) is 4.39 Å². The predicted molar refractivity (Wildman–Crippen MR) is 41.9 cm³/mol. The number of hydrogen-bond acceptors (Lipinski definition) is 3. The fourth-order valence-electron chi connectivity index (χ4n) is 0.393. The zero-order valence-corrected chi connectivity index (χ0v) is 7.36. The second-order valence-corrected chi connectivity index (χ2v) is 2.96. The van der Waals surface area contributed by atoms with Crippen LogP contribution < -0.4 is 11.2 Å². The molecule has 1 aromatic rings. The topological polar surface area (TPSA) is 143 Å². The first-order valence-corrected chi connectivity index (χ1v) is 4.52. The fraction of sp³-hybridized carbons (Fsp3) is 0. The third kappa shape index (κ3) is 7.37. The Hall–Kier alpha value is -1.28.